The second-order valence-corrected chi connectivity index (χ2v) is 3.37. The van der Waals surface area contributed by atoms with Gasteiger partial charge in [0.1, 0.15) is 5.82 Å². The number of allylic oxidation sites excluding steroid dienone is 1. The van der Waals surface area contributed by atoms with Crippen LogP contribution in [-0.4, -0.2) is 7.05 Å². The van der Waals surface area contributed by atoms with Crippen LogP contribution in [0.4, 0.5) is 10.1 Å². The third kappa shape index (κ3) is 1.95. The molecule has 0 aliphatic rings. The van der Waals surface area contributed by atoms with Crippen molar-refractivity contribution in [3.05, 3.63) is 35.7 Å². The Kier molecular flexibility index (Phi) is 3.28. The molecule has 0 unspecified atom stereocenters. The van der Waals surface area contributed by atoms with Crippen LogP contribution in [0.2, 0.25) is 0 Å². The first-order valence-electron chi connectivity index (χ1n) is 4.76. The number of anilines is 1. The van der Waals surface area contributed by atoms with Crippen molar-refractivity contribution in [3.63, 3.8) is 0 Å². The molecule has 0 saturated carbocycles. The Morgan fingerprint density at radius 1 is 1.50 bits per heavy atom. The average molecular weight is 193 g/mol. The molecular weight excluding hydrogens is 177 g/mol. The van der Waals surface area contributed by atoms with Gasteiger partial charge in [-0.25, -0.2) is 4.39 Å². The third-order valence-electron chi connectivity index (χ3n) is 2.28. The molecule has 0 heterocycles. The van der Waals surface area contributed by atoms with E-state index in [-0.39, 0.29) is 5.82 Å². The van der Waals surface area contributed by atoms with Gasteiger partial charge in [0.25, 0.3) is 0 Å². The second kappa shape index (κ2) is 4.27. The lowest BCUT2D eigenvalue weighted by atomic mass is 10.0. The summed E-state index contributed by atoms with van der Waals surface area (Å²) in [6.45, 7) is 7.74. The van der Waals surface area contributed by atoms with Gasteiger partial charge in [0.05, 0.1) is 0 Å². The van der Waals surface area contributed by atoms with Crippen molar-refractivity contribution in [1.29, 1.82) is 0 Å². The highest BCUT2D eigenvalue weighted by Gasteiger charge is 2.08. The van der Waals surface area contributed by atoms with Crippen LogP contribution >= 0.6 is 0 Å². The van der Waals surface area contributed by atoms with Gasteiger partial charge >= 0.3 is 0 Å². The topological polar surface area (TPSA) is 12.0 Å². The number of rotatable bonds is 3. The first kappa shape index (κ1) is 10.8. The molecule has 0 amide bonds. The SMILES string of the molecule is C=C(C)c1cc(F)cc(CC)c1NC. The van der Waals surface area contributed by atoms with Crippen LogP contribution in [0.1, 0.15) is 25.0 Å². The molecular formula is C12H16FN. The van der Waals surface area contributed by atoms with E-state index in [1.165, 1.54) is 6.07 Å². The van der Waals surface area contributed by atoms with E-state index in [4.69, 9.17) is 0 Å². The van der Waals surface area contributed by atoms with Crippen LogP contribution in [0.3, 0.4) is 0 Å². The van der Waals surface area contributed by atoms with E-state index in [0.717, 1.165) is 28.8 Å². The Balaban J connectivity index is 3.39. The van der Waals surface area contributed by atoms with Crippen molar-refractivity contribution >= 4 is 11.3 Å². The average Bonchev–Trinajstić information content (AvgIpc) is 2.16. The van der Waals surface area contributed by atoms with Crippen molar-refractivity contribution in [2.45, 2.75) is 20.3 Å². The molecule has 0 fully saturated rings. The Hall–Kier alpha value is -1.31. The van der Waals surface area contributed by atoms with Gasteiger partial charge in [0.15, 0.2) is 0 Å². The molecule has 0 aromatic heterocycles. The first-order valence-corrected chi connectivity index (χ1v) is 4.76. The molecule has 1 N–H and O–H groups in total. The smallest absolute Gasteiger partial charge is 0.124 e. The van der Waals surface area contributed by atoms with Crippen LogP contribution in [-0.2, 0) is 6.42 Å². The van der Waals surface area contributed by atoms with E-state index in [0.29, 0.717) is 0 Å². The normalized spacial score (nSPS) is 10.0. The molecule has 1 rings (SSSR count). The predicted octanol–water partition coefficient (Wildman–Crippen LogP) is 3.46. The molecule has 0 spiro atoms. The van der Waals surface area contributed by atoms with E-state index >= 15 is 0 Å². The molecule has 1 aromatic rings. The van der Waals surface area contributed by atoms with Crippen molar-refractivity contribution in [2.75, 3.05) is 12.4 Å². The zero-order valence-corrected chi connectivity index (χ0v) is 8.95. The van der Waals surface area contributed by atoms with E-state index in [1.807, 2.05) is 20.9 Å². The molecule has 14 heavy (non-hydrogen) atoms. The fraction of sp³-hybridized carbons (Fsp3) is 0.333. The maximum Gasteiger partial charge on any atom is 0.124 e. The first-order chi connectivity index (χ1) is 6.60. The van der Waals surface area contributed by atoms with Crippen LogP contribution in [0.5, 0.6) is 0 Å². The quantitative estimate of drug-likeness (QED) is 0.775. The summed E-state index contributed by atoms with van der Waals surface area (Å²) in [6.07, 6.45) is 0.814. The third-order valence-corrected chi connectivity index (χ3v) is 2.28. The highest BCUT2D eigenvalue weighted by molar-refractivity contribution is 5.76. The summed E-state index contributed by atoms with van der Waals surface area (Å²) in [7, 11) is 1.85. The maximum absolute atomic E-state index is 13.2. The minimum atomic E-state index is -0.196. The number of halogens is 1. The largest absolute Gasteiger partial charge is 0.387 e. The maximum atomic E-state index is 13.2. The fourth-order valence-electron chi connectivity index (χ4n) is 1.57. The molecule has 0 aliphatic heterocycles. The van der Waals surface area contributed by atoms with E-state index in [9.17, 15) is 4.39 Å². The molecule has 0 atom stereocenters. The molecule has 76 valence electrons. The lowest BCUT2D eigenvalue weighted by Crippen LogP contribution is -2.00. The number of hydrogen-bond donors (Lipinski definition) is 1. The van der Waals surface area contributed by atoms with E-state index < -0.39 is 0 Å². The van der Waals surface area contributed by atoms with Crippen molar-refractivity contribution in [2.24, 2.45) is 0 Å². The summed E-state index contributed by atoms with van der Waals surface area (Å²) in [5.41, 5.74) is 3.72. The summed E-state index contributed by atoms with van der Waals surface area (Å²) >= 11 is 0. The highest BCUT2D eigenvalue weighted by atomic mass is 19.1. The Labute approximate surface area is 84.6 Å². The molecule has 0 aliphatic carbocycles. The fourth-order valence-corrected chi connectivity index (χ4v) is 1.57. The molecule has 1 nitrogen and oxygen atoms in total. The molecule has 0 radical (unpaired) electrons. The van der Waals surface area contributed by atoms with Crippen molar-refractivity contribution < 1.29 is 4.39 Å². The molecule has 0 saturated heterocycles. The van der Waals surface area contributed by atoms with Gasteiger partial charge in [0, 0.05) is 18.3 Å². The van der Waals surface area contributed by atoms with Crippen LogP contribution in [0.15, 0.2) is 18.7 Å². The summed E-state index contributed by atoms with van der Waals surface area (Å²) in [5, 5.41) is 3.10. The lowest BCUT2D eigenvalue weighted by molar-refractivity contribution is 0.625. The minimum absolute atomic E-state index is 0.196. The number of nitrogens with one attached hydrogen (secondary N) is 1. The van der Waals surface area contributed by atoms with Crippen LogP contribution in [0, 0.1) is 5.82 Å². The molecule has 1 aromatic carbocycles. The summed E-state index contributed by atoms with van der Waals surface area (Å²) in [4.78, 5) is 0. The van der Waals surface area contributed by atoms with E-state index in [2.05, 4.69) is 11.9 Å². The van der Waals surface area contributed by atoms with Gasteiger partial charge in [0.2, 0.25) is 0 Å². The van der Waals surface area contributed by atoms with Crippen LogP contribution in [0.25, 0.3) is 5.57 Å². The number of aryl methyl sites for hydroxylation is 1. The number of benzene rings is 1. The summed E-state index contributed by atoms with van der Waals surface area (Å²) < 4.78 is 13.2. The van der Waals surface area contributed by atoms with E-state index in [1.54, 1.807) is 6.07 Å². The zero-order valence-electron chi connectivity index (χ0n) is 8.95. The van der Waals surface area contributed by atoms with Crippen LogP contribution < -0.4 is 5.32 Å². The Morgan fingerprint density at radius 2 is 2.14 bits per heavy atom. The highest BCUT2D eigenvalue weighted by Crippen LogP contribution is 2.27. The summed E-state index contributed by atoms with van der Waals surface area (Å²) in [6, 6.07) is 3.09. The Bertz CT molecular complexity index is 356. The van der Waals surface area contributed by atoms with Crippen molar-refractivity contribution in [1.82, 2.24) is 0 Å². The van der Waals surface area contributed by atoms with Gasteiger partial charge in [-0.2, -0.15) is 0 Å². The second-order valence-electron chi connectivity index (χ2n) is 3.37. The van der Waals surface area contributed by atoms with Gasteiger partial charge in [-0.05, 0) is 36.6 Å². The standard InChI is InChI=1S/C12H16FN/c1-5-9-6-10(13)7-11(8(2)3)12(9)14-4/h6-7,14H,2,5H2,1,3-4H3. The molecule has 0 bridgehead atoms. The van der Waals surface area contributed by atoms with Gasteiger partial charge in [-0.3, -0.25) is 0 Å². The number of hydrogen-bond acceptors (Lipinski definition) is 1. The minimum Gasteiger partial charge on any atom is -0.387 e. The summed E-state index contributed by atoms with van der Waals surface area (Å²) in [5.74, 6) is -0.196. The zero-order chi connectivity index (χ0) is 10.7. The van der Waals surface area contributed by atoms with Gasteiger partial charge in [-0.15, -0.1) is 0 Å². The lowest BCUT2D eigenvalue weighted by Gasteiger charge is -2.13. The van der Waals surface area contributed by atoms with Gasteiger partial charge < -0.3 is 5.32 Å². The molecule has 2 heteroatoms. The monoisotopic (exact) mass is 193 g/mol. The Morgan fingerprint density at radius 3 is 2.57 bits per heavy atom. The predicted molar refractivity (Wildman–Crippen MR) is 60.0 cm³/mol. The van der Waals surface area contributed by atoms with Gasteiger partial charge in [-0.1, -0.05) is 13.5 Å². The van der Waals surface area contributed by atoms with Crippen molar-refractivity contribution in [3.8, 4) is 0 Å².